The number of fused-ring (bicyclic) bond motifs is 1. The maximum atomic E-state index is 14.9. The molecule has 0 radical (unpaired) electrons. The van der Waals surface area contributed by atoms with Crippen molar-refractivity contribution in [3.63, 3.8) is 0 Å². The summed E-state index contributed by atoms with van der Waals surface area (Å²) in [6.45, 7) is 2.22. The van der Waals surface area contributed by atoms with E-state index in [2.05, 4.69) is 6.92 Å². The van der Waals surface area contributed by atoms with Gasteiger partial charge in [0.2, 0.25) is 0 Å². The molecule has 32 heavy (non-hydrogen) atoms. The van der Waals surface area contributed by atoms with Gasteiger partial charge in [0.05, 0.1) is 5.56 Å². The maximum absolute atomic E-state index is 14.9. The molecule has 0 heterocycles. The summed E-state index contributed by atoms with van der Waals surface area (Å²) in [5, 5.41) is 0.0229. The van der Waals surface area contributed by atoms with Crippen molar-refractivity contribution in [1.82, 2.24) is 0 Å². The van der Waals surface area contributed by atoms with Crippen molar-refractivity contribution < 1.29 is 26.3 Å². The molecule has 1 fully saturated rings. The third-order valence-corrected chi connectivity index (χ3v) is 6.15. The van der Waals surface area contributed by atoms with Crippen LogP contribution in [0.15, 0.2) is 42.5 Å². The first-order valence-corrected chi connectivity index (χ1v) is 10.4. The lowest BCUT2D eigenvalue weighted by molar-refractivity contribution is -0.0696. The Morgan fingerprint density at radius 3 is 2.22 bits per heavy atom. The van der Waals surface area contributed by atoms with Crippen LogP contribution in [-0.2, 0) is 0 Å². The van der Waals surface area contributed by atoms with Crippen molar-refractivity contribution >= 4 is 10.8 Å². The topological polar surface area (TPSA) is 0 Å². The number of hydrogen-bond donors (Lipinski definition) is 0. The highest BCUT2D eigenvalue weighted by Crippen LogP contribution is 2.37. The van der Waals surface area contributed by atoms with Crippen LogP contribution in [0.1, 0.15) is 49.7 Å². The second kappa shape index (κ2) is 8.54. The summed E-state index contributed by atoms with van der Waals surface area (Å²) in [5.74, 6) is 0.621. The maximum Gasteiger partial charge on any atom is 0.458 e. The second-order valence-corrected chi connectivity index (χ2v) is 8.43. The van der Waals surface area contributed by atoms with Gasteiger partial charge in [-0.15, -0.1) is 0 Å². The van der Waals surface area contributed by atoms with Crippen LogP contribution in [0.3, 0.4) is 0 Å². The van der Waals surface area contributed by atoms with E-state index in [1.54, 1.807) is 6.07 Å². The Hall–Kier alpha value is -2.94. The average molecular weight is 446 g/mol. The summed E-state index contributed by atoms with van der Waals surface area (Å²) in [6.07, 6.45) is -0.588. The van der Waals surface area contributed by atoms with E-state index in [-0.39, 0.29) is 10.8 Å². The SMILES string of the molecule is CC1CCC(c2ccc(-c3ccc4c(F)c(C#CC(F)(F)F)c(F)cc4c3)c(F)c2)CC1. The van der Waals surface area contributed by atoms with Crippen LogP contribution in [-0.4, -0.2) is 6.18 Å². The molecule has 1 aliphatic rings. The van der Waals surface area contributed by atoms with Gasteiger partial charge in [0.1, 0.15) is 17.5 Å². The molecule has 0 aromatic heterocycles. The lowest BCUT2D eigenvalue weighted by Crippen LogP contribution is -2.11. The van der Waals surface area contributed by atoms with Crippen molar-refractivity contribution in [2.75, 3.05) is 0 Å². The van der Waals surface area contributed by atoms with Crippen LogP contribution >= 0.6 is 0 Å². The number of benzene rings is 3. The molecular formula is C26H20F6. The summed E-state index contributed by atoms with van der Waals surface area (Å²) in [5.41, 5.74) is 0.720. The summed E-state index contributed by atoms with van der Waals surface area (Å²) in [6, 6.07) is 10.2. The summed E-state index contributed by atoms with van der Waals surface area (Å²) < 4.78 is 80.7. The van der Waals surface area contributed by atoms with E-state index in [1.807, 2.05) is 6.07 Å². The van der Waals surface area contributed by atoms with Crippen molar-refractivity contribution in [1.29, 1.82) is 0 Å². The minimum absolute atomic E-state index is 0.0880. The Kier molecular flexibility index (Phi) is 5.94. The molecule has 0 saturated heterocycles. The molecule has 3 aromatic rings. The van der Waals surface area contributed by atoms with Gasteiger partial charge in [-0.25, -0.2) is 13.2 Å². The molecule has 3 aromatic carbocycles. The number of alkyl halides is 3. The van der Waals surface area contributed by atoms with Crippen LogP contribution in [0.5, 0.6) is 0 Å². The van der Waals surface area contributed by atoms with Gasteiger partial charge < -0.3 is 0 Å². The van der Waals surface area contributed by atoms with Gasteiger partial charge >= 0.3 is 6.18 Å². The van der Waals surface area contributed by atoms with Gasteiger partial charge in [-0.2, -0.15) is 13.2 Å². The highest BCUT2D eigenvalue weighted by Gasteiger charge is 2.24. The Morgan fingerprint density at radius 1 is 0.844 bits per heavy atom. The standard InChI is InChI=1S/C26H20F6/c1-15-2-4-16(5-3-15)17-6-8-20(23(27)13-17)18-7-9-21-19(12-18)14-24(28)22(25(21)29)10-11-26(30,31)32/h6-9,12-16H,2-5H2,1H3. The van der Waals surface area contributed by atoms with Crippen molar-refractivity contribution in [3.05, 3.63) is 71.0 Å². The third-order valence-electron chi connectivity index (χ3n) is 6.15. The minimum atomic E-state index is -4.86. The smallest absolute Gasteiger partial charge is 0.206 e. The Bertz CT molecular complexity index is 1220. The molecule has 0 N–H and O–H groups in total. The number of rotatable bonds is 2. The average Bonchev–Trinajstić information content (AvgIpc) is 2.73. The number of hydrogen-bond acceptors (Lipinski definition) is 0. The molecule has 0 nitrogen and oxygen atoms in total. The van der Waals surface area contributed by atoms with E-state index in [4.69, 9.17) is 0 Å². The highest BCUT2D eigenvalue weighted by molar-refractivity contribution is 5.89. The second-order valence-electron chi connectivity index (χ2n) is 8.43. The van der Waals surface area contributed by atoms with E-state index in [0.29, 0.717) is 23.0 Å². The zero-order chi connectivity index (χ0) is 23.0. The first-order chi connectivity index (χ1) is 15.1. The molecule has 166 valence electrons. The fourth-order valence-corrected chi connectivity index (χ4v) is 4.36. The van der Waals surface area contributed by atoms with Crippen LogP contribution in [0, 0.1) is 35.2 Å². The van der Waals surface area contributed by atoms with E-state index in [1.165, 1.54) is 30.2 Å². The molecule has 0 atom stereocenters. The fourth-order valence-electron chi connectivity index (χ4n) is 4.36. The third kappa shape index (κ3) is 4.62. The summed E-state index contributed by atoms with van der Waals surface area (Å²) in [4.78, 5) is 0. The van der Waals surface area contributed by atoms with Gasteiger partial charge in [-0.1, -0.05) is 50.0 Å². The number of halogens is 6. The van der Waals surface area contributed by atoms with E-state index in [9.17, 15) is 26.3 Å². The van der Waals surface area contributed by atoms with E-state index in [0.717, 1.165) is 43.2 Å². The molecule has 0 aliphatic heterocycles. The largest absolute Gasteiger partial charge is 0.458 e. The monoisotopic (exact) mass is 446 g/mol. The minimum Gasteiger partial charge on any atom is -0.206 e. The molecule has 0 unspecified atom stereocenters. The van der Waals surface area contributed by atoms with Gasteiger partial charge in [0.25, 0.3) is 0 Å². The quantitative estimate of drug-likeness (QED) is 0.275. The Labute approximate surface area is 182 Å². The molecule has 1 saturated carbocycles. The predicted octanol–water partition coefficient (Wildman–Crippen LogP) is 8.13. The molecule has 0 amide bonds. The lowest BCUT2D eigenvalue weighted by atomic mass is 9.79. The van der Waals surface area contributed by atoms with Crippen LogP contribution in [0.4, 0.5) is 26.3 Å². The molecule has 1 aliphatic carbocycles. The molecule has 0 spiro atoms. The van der Waals surface area contributed by atoms with Gasteiger partial charge in [0, 0.05) is 16.9 Å². The van der Waals surface area contributed by atoms with Crippen LogP contribution in [0.2, 0.25) is 0 Å². The van der Waals surface area contributed by atoms with E-state index >= 15 is 0 Å². The zero-order valence-corrected chi connectivity index (χ0v) is 17.3. The van der Waals surface area contributed by atoms with Gasteiger partial charge in [-0.05, 0) is 59.4 Å². The fraction of sp³-hybridized carbons (Fsp3) is 0.308. The zero-order valence-electron chi connectivity index (χ0n) is 17.3. The van der Waals surface area contributed by atoms with E-state index < -0.39 is 29.2 Å². The highest BCUT2D eigenvalue weighted by atomic mass is 19.4. The molecule has 4 rings (SSSR count). The Morgan fingerprint density at radius 2 is 1.56 bits per heavy atom. The first kappa shape index (κ1) is 22.3. The summed E-state index contributed by atoms with van der Waals surface area (Å²) >= 11 is 0. The van der Waals surface area contributed by atoms with Crippen molar-refractivity contribution in [2.24, 2.45) is 5.92 Å². The van der Waals surface area contributed by atoms with Crippen LogP contribution < -0.4 is 0 Å². The molecule has 6 heteroatoms. The van der Waals surface area contributed by atoms with Crippen molar-refractivity contribution in [2.45, 2.75) is 44.7 Å². The van der Waals surface area contributed by atoms with Gasteiger partial charge in [-0.3, -0.25) is 0 Å². The normalized spacial score (nSPS) is 19.0. The van der Waals surface area contributed by atoms with Crippen molar-refractivity contribution in [3.8, 4) is 23.0 Å². The Balaban J connectivity index is 1.69. The summed E-state index contributed by atoms with van der Waals surface area (Å²) in [7, 11) is 0. The van der Waals surface area contributed by atoms with Crippen LogP contribution in [0.25, 0.3) is 21.9 Å². The predicted molar refractivity (Wildman–Crippen MR) is 113 cm³/mol. The van der Waals surface area contributed by atoms with Gasteiger partial charge in [0.15, 0.2) is 0 Å². The first-order valence-electron chi connectivity index (χ1n) is 10.4. The lowest BCUT2D eigenvalue weighted by Gasteiger charge is -2.26. The molecular weight excluding hydrogens is 426 g/mol. The molecule has 0 bridgehead atoms.